The molecule has 1 amide bonds. The molecule has 1 aliphatic rings. The molecule has 1 N–H and O–H groups in total. The first-order valence-electron chi connectivity index (χ1n) is 8.53. The molecule has 2 heterocycles. The number of hydrogen-bond acceptors (Lipinski definition) is 5. The Bertz CT molecular complexity index is 924. The lowest BCUT2D eigenvalue weighted by Crippen LogP contribution is -2.32. The number of sulfone groups is 1. The van der Waals surface area contributed by atoms with Crippen LogP contribution in [0.3, 0.4) is 0 Å². The molecule has 1 aliphatic heterocycles. The zero-order valence-electron chi connectivity index (χ0n) is 15.2. The molecule has 1 saturated heterocycles. The number of carbonyl (C=O) groups is 1. The molecule has 26 heavy (non-hydrogen) atoms. The summed E-state index contributed by atoms with van der Waals surface area (Å²) in [7, 11) is -1.08. The minimum atomic E-state index is -2.94. The number of rotatable bonds is 4. The minimum absolute atomic E-state index is 0.0444. The Balaban J connectivity index is 1.68. The van der Waals surface area contributed by atoms with E-state index >= 15 is 0 Å². The lowest BCUT2D eigenvalue weighted by molar-refractivity contribution is 0.102. The van der Waals surface area contributed by atoms with Crippen molar-refractivity contribution in [2.45, 2.75) is 26.3 Å². The van der Waals surface area contributed by atoms with E-state index in [2.05, 4.69) is 10.3 Å². The normalized spacial score (nSPS) is 18.5. The summed E-state index contributed by atoms with van der Waals surface area (Å²) in [6, 6.07) is 9.17. The largest absolute Gasteiger partial charge is 0.369 e. The predicted molar refractivity (Wildman–Crippen MR) is 104 cm³/mol. The van der Waals surface area contributed by atoms with Gasteiger partial charge in [-0.05, 0) is 55.7 Å². The molecule has 138 valence electrons. The third-order valence-corrected chi connectivity index (χ3v) is 6.66. The third-order valence-electron chi connectivity index (χ3n) is 4.91. The Morgan fingerprint density at radius 2 is 1.96 bits per heavy atom. The summed E-state index contributed by atoms with van der Waals surface area (Å²) in [5.74, 6) is 0.121. The molecule has 6 nitrogen and oxygen atoms in total. The first-order valence-corrected chi connectivity index (χ1v) is 10.4. The fourth-order valence-corrected chi connectivity index (χ4v) is 4.81. The van der Waals surface area contributed by atoms with Crippen LogP contribution in [0.25, 0.3) is 0 Å². The SMILES string of the molecule is Cc1ccc(NC(=O)c2ccc(N(C)C3CCS(=O)(=O)C3)cn2)cc1C. The molecule has 1 unspecified atom stereocenters. The van der Waals surface area contributed by atoms with Crippen LogP contribution in [0.2, 0.25) is 0 Å². The lowest BCUT2D eigenvalue weighted by atomic mass is 10.1. The van der Waals surface area contributed by atoms with Crippen LogP contribution in [-0.4, -0.2) is 43.9 Å². The Kier molecular flexibility index (Phi) is 5.00. The number of benzene rings is 1. The van der Waals surface area contributed by atoms with Crippen molar-refractivity contribution in [1.82, 2.24) is 4.98 Å². The number of nitrogens with one attached hydrogen (secondary N) is 1. The van der Waals surface area contributed by atoms with Crippen LogP contribution < -0.4 is 10.2 Å². The number of pyridine rings is 1. The Morgan fingerprint density at radius 3 is 2.54 bits per heavy atom. The van der Waals surface area contributed by atoms with Gasteiger partial charge in [-0.1, -0.05) is 6.07 Å². The van der Waals surface area contributed by atoms with Gasteiger partial charge in [0.1, 0.15) is 5.69 Å². The molecule has 1 atom stereocenters. The second-order valence-electron chi connectivity index (χ2n) is 6.82. The van der Waals surface area contributed by atoms with E-state index in [9.17, 15) is 13.2 Å². The van der Waals surface area contributed by atoms with Crippen LogP contribution in [-0.2, 0) is 9.84 Å². The monoisotopic (exact) mass is 373 g/mol. The van der Waals surface area contributed by atoms with Crippen LogP contribution in [0.5, 0.6) is 0 Å². The van der Waals surface area contributed by atoms with Gasteiger partial charge in [0.15, 0.2) is 9.84 Å². The van der Waals surface area contributed by atoms with Gasteiger partial charge in [-0.3, -0.25) is 4.79 Å². The molecule has 1 aromatic carbocycles. The zero-order valence-corrected chi connectivity index (χ0v) is 16.0. The van der Waals surface area contributed by atoms with Crippen molar-refractivity contribution in [2.24, 2.45) is 0 Å². The first-order chi connectivity index (χ1) is 12.2. The number of aromatic nitrogens is 1. The third kappa shape index (κ3) is 4.04. The van der Waals surface area contributed by atoms with Crippen LogP contribution >= 0.6 is 0 Å². The van der Waals surface area contributed by atoms with Crippen molar-refractivity contribution in [3.63, 3.8) is 0 Å². The average Bonchev–Trinajstić information content (AvgIpc) is 2.97. The van der Waals surface area contributed by atoms with Gasteiger partial charge in [0, 0.05) is 18.8 Å². The summed E-state index contributed by atoms with van der Waals surface area (Å²) in [6.07, 6.45) is 2.23. The maximum absolute atomic E-state index is 12.4. The smallest absolute Gasteiger partial charge is 0.274 e. The first kappa shape index (κ1) is 18.4. The van der Waals surface area contributed by atoms with E-state index in [1.807, 2.05) is 44.0 Å². The maximum atomic E-state index is 12.4. The lowest BCUT2D eigenvalue weighted by Gasteiger charge is -2.25. The highest BCUT2D eigenvalue weighted by molar-refractivity contribution is 7.91. The van der Waals surface area contributed by atoms with Crippen LogP contribution in [0.1, 0.15) is 28.0 Å². The summed E-state index contributed by atoms with van der Waals surface area (Å²) in [5.41, 5.74) is 4.13. The molecule has 1 fully saturated rings. The number of hydrogen-bond donors (Lipinski definition) is 1. The van der Waals surface area contributed by atoms with Crippen LogP contribution in [0.4, 0.5) is 11.4 Å². The molecule has 0 spiro atoms. The summed E-state index contributed by atoms with van der Waals surface area (Å²) in [5, 5.41) is 2.85. The zero-order chi connectivity index (χ0) is 18.9. The molecular weight excluding hydrogens is 350 g/mol. The highest BCUT2D eigenvalue weighted by Gasteiger charge is 2.30. The van der Waals surface area contributed by atoms with Crippen molar-refractivity contribution >= 4 is 27.1 Å². The molecule has 1 aromatic heterocycles. The van der Waals surface area contributed by atoms with Crippen molar-refractivity contribution < 1.29 is 13.2 Å². The van der Waals surface area contributed by atoms with Crippen molar-refractivity contribution in [2.75, 3.05) is 28.8 Å². The van der Waals surface area contributed by atoms with E-state index in [1.165, 1.54) is 5.56 Å². The molecular formula is C19H23N3O3S. The molecule has 7 heteroatoms. The number of carbonyl (C=O) groups excluding carboxylic acids is 1. The minimum Gasteiger partial charge on any atom is -0.369 e. The summed E-state index contributed by atoms with van der Waals surface area (Å²) in [6.45, 7) is 4.02. The van der Waals surface area contributed by atoms with E-state index in [0.717, 1.165) is 16.9 Å². The molecule has 2 aromatic rings. The Labute approximate surface area is 154 Å². The fourth-order valence-electron chi connectivity index (χ4n) is 3.03. The molecule has 0 bridgehead atoms. The number of amides is 1. The van der Waals surface area contributed by atoms with Gasteiger partial charge in [-0.15, -0.1) is 0 Å². The van der Waals surface area contributed by atoms with Gasteiger partial charge in [0.05, 0.1) is 23.4 Å². The quantitative estimate of drug-likeness (QED) is 0.891. The van der Waals surface area contributed by atoms with E-state index in [0.29, 0.717) is 12.1 Å². The molecule has 3 rings (SSSR count). The van der Waals surface area contributed by atoms with Crippen molar-refractivity contribution in [3.05, 3.63) is 53.3 Å². The predicted octanol–water partition coefficient (Wildman–Crippen LogP) is 2.57. The van der Waals surface area contributed by atoms with Gasteiger partial charge < -0.3 is 10.2 Å². The van der Waals surface area contributed by atoms with Gasteiger partial charge in [0.2, 0.25) is 0 Å². The summed E-state index contributed by atoms with van der Waals surface area (Å²) in [4.78, 5) is 18.5. The number of anilines is 2. The van der Waals surface area contributed by atoms with Crippen molar-refractivity contribution in [1.29, 1.82) is 0 Å². The summed E-state index contributed by atoms with van der Waals surface area (Å²) >= 11 is 0. The van der Waals surface area contributed by atoms with Gasteiger partial charge >= 0.3 is 0 Å². The van der Waals surface area contributed by atoms with Gasteiger partial charge in [-0.25, -0.2) is 13.4 Å². The fraction of sp³-hybridized carbons (Fsp3) is 0.368. The second-order valence-corrected chi connectivity index (χ2v) is 9.05. The highest BCUT2D eigenvalue weighted by atomic mass is 32.2. The van der Waals surface area contributed by atoms with Gasteiger partial charge in [-0.2, -0.15) is 0 Å². The van der Waals surface area contributed by atoms with E-state index in [1.54, 1.807) is 18.3 Å². The van der Waals surface area contributed by atoms with E-state index in [-0.39, 0.29) is 23.5 Å². The van der Waals surface area contributed by atoms with E-state index in [4.69, 9.17) is 0 Å². The number of aryl methyl sites for hydroxylation is 2. The topological polar surface area (TPSA) is 79.4 Å². The molecule has 0 radical (unpaired) electrons. The Hall–Kier alpha value is -2.41. The highest BCUT2D eigenvalue weighted by Crippen LogP contribution is 2.22. The molecule has 0 saturated carbocycles. The standard InChI is InChI=1S/C19H23N3O3S/c1-13-4-5-15(10-14(13)2)21-19(23)18-7-6-16(11-20-18)22(3)17-8-9-26(24,25)12-17/h4-7,10-11,17H,8-9,12H2,1-3H3,(H,21,23). The van der Waals surface area contributed by atoms with Gasteiger partial charge in [0.25, 0.3) is 5.91 Å². The second kappa shape index (κ2) is 7.07. The average molecular weight is 373 g/mol. The Morgan fingerprint density at radius 1 is 1.19 bits per heavy atom. The van der Waals surface area contributed by atoms with Crippen LogP contribution in [0, 0.1) is 13.8 Å². The number of nitrogens with zero attached hydrogens (tertiary/aromatic N) is 2. The maximum Gasteiger partial charge on any atom is 0.274 e. The van der Waals surface area contributed by atoms with Crippen LogP contribution in [0.15, 0.2) is 36.5 Å². The molecule has 0 aliphatic carbocycles. The van der Waals surface area contributed by atoms with E-state index < -0.39 is 9.84 Å². The van der Waals surface area contributed by atoms with Crippen molar-refractivity contribution in [3.8, 4) is 0 Å². The summed E-state index contributed by atoms with van der Waals surface area (Å²) < 4.78 is 23.3.